The number of hydrogen-bond acceptors (Lipinski definition) is 4. The smallest absolute Gasteiger partial charge is 0.189 e. The molecule has 1 unspecified atom stereocenters. The first-order chi connectivity index (χ1) is 11.7. The Morgan fingerprint density at radius 2 is 2.00 bits per heavy atom. The molecule has 2 saturated heterocycles. The van der Waals surface area contributed by atoms with Crippen LogP contribution < -0.4 is 10.7 Å². The van der Waals surface area contributed by atoms with Crippen LogP contribution in [0.25, 0.3) is 10.9 Å². The van der Waals surface area contributed by atoms with Gasteiger partial charge in [0.05, 0.1) is 0 Å². The van der Waals surface area contributed by atoms with Crippen LogP contribution in [0.3, 0.4) is 0 Å². The molecule has 2 aliphatic rings. The van der Waals surface area contributed by atoms with E-state index in [9.17, 15) is 4.79 Å². The van der Waals surface area contributed by atoms with Crippen molar-refractivity contribution in [1.29, 1.82) is 0 Å². The van der Waals surface area contributed by atoms with Crippen LogP contribution in [0, 0.1) is 6.92 Å². The number of benzene rings is 1. The molecular weight excluding hydrogens is 300 g/mol. The summed E-state index contributed by atoms with van der Waals surface area (Å²) in [5.74, 6) is 0. The quantitative estimate of drug-likeness (QED) is 0.893. The van der Waals surface area contributed by atoms with Crippen molar-refractivity contribution < 1.29 is 0 Å². The third kappa shape index (κ3) is 3.24. The molecule has 0 amide bonds. The summed E-state index contributed by atoms with van der Waals surface area (Å²) in [5.41, 5.74) is 3.21. The maximum absolute atomic E-state index is 12.4. The predicted molar refractivity (Wildman–Crippen MR) is 97.4 cm³/mol. The van der Waals surface area contributed by atoms with Gasteiger partial charge in [-0.1, -0.05) is 11.6 Å². The molecule has 1 aromatic carbocycles. The zero-order valence-electron chi connectivity index (χ0n) is 14.3. The van der Waals surface area contributed by atoms with E-state index in [1.54, 1.807) is 6.07 Å². The second-order valence-electron chi connectivity index (χ2n) is 7.17. The van der Waals surface area contributed by atoms with E-state index in [1.807, 2.05) is 19.1 Å². The fourth-order valence-corrected chi connectivity index (χ4v) is 3.98. The number of fused-ring (bicyclic) bond motifs is 1. The summed E-state index contributed by atoms with van der Waals surface area (Å²) in [5, 5.41) is 4.24. The van der Waals surface area contributed by atoms with Crippen LogP contribution in [-0.4, -0.2) is 60.1 Å². The van der Waals surface area contributed by atoms with Crippen LogP contribution >= 0.6 is 0 Å². The van der Waals surface area contributed by atoms with Gasteiger partial charge >= 0.3 is 0 Å². The molecule has 0 bridgehead atoms. The lowest BCUT2D eigenvalue weighted by Gasteiger charge is -2.37. The average Bonchev–Trinajstić information content (AvgIpc) is 3.11. The van der Waals surface area contributed by atoms with Gasteiger partial charge in [0, 0.05) is 68.0 Å². The van der Waals surface area contributed by atoms with E-state index in [0.29, 0.717) is 0 Å². The van der Waals surface area contributed by atoms with Crippen molar-refractivity contribution in [2.45, 2.75) is 25.9 Å². The molecule has 1 aromatic heterocycles. The number of aromatic amines is 1. The molecule has 2 fully saturated rings. The summed E-state index contributed by atoms with van der Waals surface area (Å²) >= 11 is 0. The third-order valence-electron chi connectivity index (χ3n) is 5.39. The lowest BCUT2D eigenvalue weighted by molar-refractivity contribution is 0.0974. The number of nitrogens with zero attached hydrogens (tertiary/aromatic N) is 2. The highest BCUT2D eigenvalue weighted by molar-refractivity contribution is 5.79. The molecule has 24 heavy (non-hydrogen) atoms. The fraction of sp³-hybridized carbons (Fsp3) is 0.526. The minimum atomic E-state index is 0.123. The molecule has 2 N–H and O–H groups in total. The Morgan fingerprint density at radius 3 is 2.75 bits per heavy atom. The van der Waals surface area contributed by atoms with Gasteiger partial charge in [-0.25, -0.2) is 0 Å². The topological polar surface area (TPSA) is 51.4 Å². The lowest BCUT2D eigenvalue weighted by atomic mass is 10.1. The Kier molecular flexibility index (Phi) is 4.39. The van der Waals surface area contributed by atoms with Gasteiger partial charge in [-0.3, -0.25) is 14.6 Å². The average molecular weight is 326 g/mol. The van der Waals surface area contributed by atoms with Crippen molar-refractivity contribution in [3.8, 4) is 0 Å². The molecule has 1 atom stereocenters. The molecule has 0 spiro atoms. The SMILES string of the molecule is Cc1ccc2[nH]c(CN3CCN(C4CCNC4)CC3)cc(=O)c2c1. The van der Waals surface area contributed by atoms with E-state index in [1.165, 1.54) is 6.42 Å². The maximum Gasteiger partial charge on any atom is 0.189 e. The second kappa shape index (κ2) is 6.67. The molecule has 5 nitrogen and oxygen atoms in total. The summed E-state index contributed by atoms with van der Waals surface area (Å²) in [6.07, 6.45) is 1.28. The highest BCUT2D eigenvalue weighted by Crippen LogP contribution is 2.15. The largest absolute Gasteiger partial charge is 0.357 e. The van der Waals surface area contributed by atoms with Crippen LogP contribution in [0.5, 0.6) is 0 Å². The summed E-state index contributed by atoms with van der Waals surface area (Å²) in [6, 6.07) is 8.52. The van der Waals surface area contributed by atoms with E-state index in [0.717, 1.165) is 74.0 Å². The monoisotopic (exact) mass is 326 g/mol. The summed E-state index contributed by atoms with van der Waals surface area (Å²) < 4.78 is 0. The number of H-pyrrole nitrogens is 1. The zero-order chi connectivity index (χ0) is 16.5. The summed E-state index contributed by atoms with van der Waals surface area (Å²) in [7, 11) is 0. The molecule has 5 heteroatoms. The summed E-state index contributed by atoms with van der Waals surface area (Å²) in [4.78, 5) is 20.9. The first-order valence-corrected chi connectivity index (χ1v) is 8.99. The van der Waals surface area contributed by atoms with Crippen molar-refractivity contribution >= 4 is 10.9 Å². The zero-order valence-corrected chi connectivity index (χ0v) is 14.3. The van der Waals surface area contributed by atoms with Gasteiger partial charge in [-0.05, 0) is 32.0 Å². The third-order valence-corrected chi connectivity index (χ3v) is 5.39. The van der Waals surface area contributed by atoms with Gasteiger partial charge in [0.25, 0.3) is 0 Å². The van der Waals surface area contributed by atoms with Crippen LogP contribution in [0.1, 0.15) is 17.7 Å². The van der Waals surface area contributed by atoms with Crippen molar-refractivity contribution in [2.75, 3.05) is 39.3 Å². The van der Waals surface area contributed by atoms with Crippen molar-refractivity contribution in [3.63, 3.8) is 0 Å². The van der Waals surface area contributed by atoms with E-state index in [-0.39, 0.29) is 5.43 Å². The number of aryl methyl sites for hydroxylation is 1. The van der Waals surface area contributed by atoms with Crippen LogP contribution in [0.4, 0.5) is 0 Å². The molecule has 0 saturated carbocycles. The van der Waals surface area contributed by atoms with Crippen LogP contribution in [0.2, 0.25) is 0 Å². The Labute approximate surface area is 142 Å². The summed E-state index contributed by atoms with van der Waals surface area (Å²) in [6.45, 7) is 9.55. The van der Waals surface area contributed by atoms with E-state index in [4.69, 9.17) is 0 Å². The Morgan fingerprint density at radius 1 is 1.17 bits per heavy atom. The number of pyridine rings is 1. The highest BCUT2D eigenvalue weighted by atomic mass is 16.1. The Hall–Kier alpha value is -1.69. The van der Waals surface area contributed by atoms with Crippen LogP contribution in [-0.2, 0) is 6.54 Å². The molecule has 2 aromatic rings. The fourth-order valence-electron chi connectivity index (χ4n) is 3.98. The van der Waals surface area contributed by atoms with E-state index < -0.39 is 0 Å². The van der Waals surface area contributed by atoms with Crippen molar-refractivity contribution in [1.82, 2.24) is 20.1 Å². The number of rotatable bonds is 3. The highest BCUT2D eigenvalue weighted by Gasteiger charge is 2.26. The van der Waals surface area contributed by atoms with Gasteiger partial charge in [-0.15, -0.1) is 0 Å². The Balaban J connectivity index is 1.43. The van der Waals surface area contributed by atoms with Gasteiger partial charge in [0.1, 0.15) is 0 Å². The molecule has 2 aliphatic heterocycles. The molecule has 128 valence electrons. The number of piperazine rings is 1. The van der Waals surface area contributed by atoms with E-state index >= 15 is 0 Å². The molecule has 0 aliphatic carbocycles. The lowest BCUT2D eigenvalue weighted by Crippen LogP contribution is -2.50. The minimum Gasteiger partial charge on any atom is -0.357 e. The maximum atomic E-state index is 12.4. The minimum absolute atomic E-state index is 0.123. The molecular formula is C19H26N4O. The van der Waals surface area contributed by atoms with Gasteiger partial charge in [0.15, 0.2) is 5.43 Å². The first-order valence-electron chi connectivity index (χ1n) is 8.99. The first kappa shape index (κ1) is 15.8. The van der Waals surface area contributed by atoms with Crippen molar-refractivity contribution in [2.24, 2.45) is 0 Å². The molecule has 3 heterocycles. The predicted octanol–water partition coefficient (Wildman–Crippen LogP) is 1.32. The van der Waals surface area contributed by atoms with Crippen molar-refractivity contribution in [3.05, 3.63) is 45.7 Å². The van der Waals surface area contributed by atoms with Gasteiger partial charge in [0.2, 0.25) is 0 Å². The second-order valence-corrected chi connectivity index (χ2v) is 7.17. The number of hydrogen-bond donors (Lipinski definition) is 2. The molecule has 0 radical (unpaired) electrons. The number of aromatic nitrogens is 1. The van der Waals surface area contributed by atoms with E-state index in [2.05, 4.69) is 26.2 Å². The van der Waals surface area contributed by atoms with Gasteiger partial charge in [-0.2, -0.15) is 0 Å². The molecule has 4 rings (SSSR count). The number of nitrogens with one attached hydrogen (secondary N) is 2. The Bertz CT molecular complexity index is 771. The standard InChI is InChI=1S/C19H26N4O/c1-14-2-3-18-17(10-14)19(24)11-15(21-18)13-22-6-8-23(9-7-22)16-4-5-20-12-16/h2-3,10-11,16,20H,4-9,12-13H2,1H3,(H,21,24). The van der Waals surface area contributed by atoms with Crippen LogP contribution in [0.15, 0.2) is 29.1 Å². The van der Waals surface area contributed by atoms with Gasteiger partial charge < -0.3 is 10.3 Å². The normalized spacial score (nSPS) is 23.1.